The maximum atomic E-state index is 12.6. The fraction of sp³-hybridized carbons (Fsp3) is 0.345. The van der Waals surface area contributed by atoms with Gasteiger partial charge >= 0.3 is 5.97 Å². The maximum absolute atomic E-state index is 12.6. The molecule has 35 heavy (non-hydrogen) atoms. The minimum Gasteiger partial charge on any atom is -0.493 e. The molecule has 4 rings (SSSR count). The van der Waals surface area contributed by atoms with E-state index in [-0.39, 0.29) is 17.8 Å². The quantitative estimate of drug-likeness (QED) is 0.290. The van der Waals surface area contributed by atoms with Crippen molar-refractivity contribution in [3.63, 3.8) is 0 Å². The molecule has 1 heterocycles. The number of methoxy groups -OCH3 is 2. The van der Waals surface area contributed by atoms with Crippen molar-refractivity contribution in [2.24, 2.45) is 5.92 Å². The highest BCUT2D eigenvalue weighted by Crippen LogP contribution is 2.38. The van der Waals surface area contributed by atoms with Crippen LogP contribution in [0.1, 0.15) is 23.5 Å². The van der Waals surface area contributed by atoms with E-state index in [1.807, 2.05) is 66.7 Å². The van der Waals surface area contributed by atoms with E-state index in [1.165, 1.54) is 12.7 Å². The fourth-order valence-corrected chi connectivity index (χ4v) is 4.57. The van der Waals surface area contributed by atoms with Gasteiger partial charge in [0.2, 0.25) is 0 Å². The Hall–Kier alpha value is -3.51. The summed E-state index contributed by atoms with van der Waals surface area (Å²) in [5.41, 5.74) is 2.28. The first-order valence-electron chi connectivity index (χ1n) is 12.0. The fourth-order valence-electron chi connectivity index (χ4n) is 4.57. The van der Waals surface area contributed by atoms with Gasteiger partial charge in [-0.15, -0.1) is 0 Å². The van der Waals surface area contributed by atoms with E-state index >= 15 is 0 Å². The van der Waals surface area contributed by atoms with Gasteiger partial charge in [-0.05, 0) is 35.4 Å². The van der Waals surface area contributed by atoms with Gasteiger partial charge in [-0.25, -0.2) is 0 Å². The number of hydrogen-bond donors (Lipinski definition) is 0. The van der Waals surface area contributed by atoms with Crippen molar-refractivity contribution in [2.75, 3.05) is 40.5 Å². The number of para-hydroxylation sites is 1. The maximum Gasteiger partial charge on any atom is 0.310 e. The number of benzene rings is 3. The second kappa shape index (κ2) is 12.3. The Morgan fingerprint density at radius 2 is 1.57 bits per heavy atom. The van der Waals surface area contributed by atoms with Crippen molar-refractivity contribution in [3.05, 3.63) is 90.0 Å². The summed E-state index contributed by atoms with van der Waals surface area (Å²) < 4.78 is 22.5. The number of carbonyl (C=O) groups is 1. The van der Waals surface area contributed by atoms with Gasteiger partial charge in [0.1, 0.15) is 5.75 Å². The van der Waals surface area contributed by atoms with Crippen LogP contribution in [0.4, 0.5) is 0 Å². The number of rotatable bonds is 11. The lowest BCUT2D eigenvalue weighted by molar-refractivity contribution is -0.145. The predicted octanol–water partition coefficient (Wildman–Crippen LogP) is 4.93. The molecule has 3 aromatic carbocycles. The van der Waals surface area contributed by atoms with Crippen molar-refractivity contribution >= 4 is 5.97 Å². The molecule has 6 heteroatoms. The second-order valence-corrected chi connectivity index (χ2v) is 8.69. The smallest absolute Gasteiger partial charge is 0.310 e. The summed E-state index contributed by atoms with van der Waals surface area (Å²) in [6.45, 7) is 3.29. The van der Waals surface area contributed by atoms with Gasteiger partial charge in [-0.2, -0.15) is 0 Å². The standard InChI is InChI=1S/C29H33NO5/c1-32-27-15-14-23(18-28(27)35-17-9-16-34-24-12-7-4-8-13-24)25-20-30(21-26(25)29(31)33-2)19-22-10-5-3-6-11-22/h3-8,10-15,18,25-26H,9,16-17,19-21H2,1-2H3. The molecule has 1 fully saturated rings. The Bertz CT molecular complexity index is 1070. The van der Waals surface area contributed by atoms with Crippen LogP contribution in [0.25, 0.3) is 0 Å². The lowest BCUT2D eigenvalue weighted by Gasteiger charge is -2.19. The highest BCUT2D eigenvalue weighted by Gasteiger charge is 2.39. The molecule has 0 bridgehead atoms. The highest BCUT2D eigenvalue weighted by atomic mass is 16.5. The summed E-state index contributed by atoms with van der Waals surface area (Å²) in [5, 5.41) is 0. The Morgan fingerprint density at radius 3 is 2.29 bits per heavy atom. The second-order valence-electron chi connectivity index (χ2n) is 8.69. The van der Waals surface area contributed by atoms with Crippen LogP contribution in [-0.2, 0) is 16.1 Å². The van der Waals surface area contributed by atoms with Crippen LogP contribution in [-0.4, -0.2) is 51.4 Å². The SMILES string of the molecule is COC(=O)C1CN(Cc2ccccc2)CC1c1ccc(OC)c(OCCCOc2ccccc2)c1. The number of esters is 1. The minimum absolute atomic E-state index is 0.0147. The number of likely N-dealkylation sites (tertiary alicyclic amines) is 1. The summed E-state index contributed by atoms with van der Waals surface area (Å²) in [4.78, 5) is 15.0. The molecular formula is C29H33NO5. The third-order valence-corrected chi connectivity index (χ3v) is 6.32. The molecule has 0 amide bonds. The number of nitrogens with zero attached hydrogens (tertiary/aromatic N) is 1. The molecule has 1 aliphatic rings. The Balaban J connectivity index is 1.42. The Kier molecular flexibility index (Phi) is 8.63. The first-order chi connectivity index (χ1) is 17.2. The highest BCUT2D eigenvalue weighted by molar-refractivity contribution is 5.74. The first-order valence-corrected chi connectivity index (χ1v) is 12.0. The number of carbonyl (C=O) groups excluding carboxylic acids is 1. The molecular weight excluding hydrogens is 442 g/mol. The molecule has 6 nitrogen and oxygen atoms in total. The number of ether oxygens (including phenoxy) is 4. The van der Waals surface area contributed by atoms with Crippen LogP contribution < -0.4 is 14.2 Å². The minimum atomic E-state index is -0.232. The van der Waals surface area contributed by atoms with E-state index in [4.69, 9.17) is 18.9 Å². The molecule has 1 aliphatic heterocycles. The summed E-state index contributed by atoms with van der Waals surface area (Å²) in [6, 6.07) is 26.0. The van der Waals surface area contributed by atoms with Gasteiger partial charge < -0.3 is 18.9 Å². The average molecular weight is 476 g/mol. The van der Waals surface area contributed by atoms with E-state index in [0.29, 0.717) is 31.3 Å². The molecule has 184 valence electrons. The van der Waals surface area contributed by atoms with Gasteiger partial charge in [0, 0.05) is 32.0 Å². The van der Waals surface area contributed by atoms with Crippen molar-refractivity contribution in [1.82, 2.24) is 4.90 Å². The molecule has 0 N–H and O–H groups in total. The van der Waals surface area contributed by atoms with E-state index in [1.54, 1.807) is 7.11 Å². The molecule has 0 aliphatic carbocycles. The summed E-state index contributed by atoms with van der Waals surface area (Å²) in [6.07, 6.45) is 0.737. The summed E-state index contributed by atoms with van der Waals surface area (Å²) >= 11 is 0. The first kappa shape index (κ1) is 24.6. The van der Waals surface area contributed by atoms with Gasteiger partial charge in [-0.1, -0.05) is 54.6 Å². The molecule has 0 aromatic heterocycles. The zero-order valence-corrected chi connectivity index (χ0v) is 20.4. The monoisotopic (exact) mass is 475 g/mol. The molecule has 0 radical (unpaired) electrons. The van der Waals surface area contributed by atoms with Crippen LogP contribution in [0.3, 0.4) is 0 Å². The lowest BCUT2D eigenvalue weighted by Crippen LogP contribution is -2.24. The molecule has 0 saturated carbocycles. The Labute approximate surface area is 207 Å². The van der Waals surface area contributed by atoms with Crippen molar-refractivity contribution < 1.29 is 23.7 Å². The molecule has 2 unspecified atom stereocenters. The van der Waals surface area contributed by atoms with Crippen LogP contribution in [0, 0.1) is 5.92 Å². The predicted molar refractivity (Wildman–Crippen MR) is 135 cm³/mol. The van der Waals surface area contributed by atoms with Gasteiger partial charge in [-0.3, -0.25) is 9.69 Å². The number of hydrogen-bond acceptors (Lipinski definition) is 6. The summed E-state index contributed by atoms with van der Waals surface area (Å²) in [7, 11) is 3.09. The summed E-state index contributed by atoms with van der Waals surface area (Å²) in [5.74, 6) is 1.80. The van der Waals surface area contributed by atoms with Crippen LogP contribution in [0.15, 0.2) is 78.9 Å². The van der Waals surface area contributed by atoms with Gasteiger partial charge in [0.15, 0.2) is 11.5 Å². The lowest BCUT2D eigenvalue weighted by atomic mass is 9.89. The topological polar surface area (TPSA) is 57.2 Å². The molecule has 2 atom stereocenters. The van der Waals surface area contributed by atoms with E-state index < -0.39 is 0 Å². The average Bonchev–Trinajstić information content (AvgIpc) is 3.33. The van der Waals surface area contributed by atoms with Crippen LogP contribution in [0.2, 0.25) is 0 Å². The van der Waals surface area contributed by atoms with E-state index in [9.17, 15) is 4.79 Å². The molecule has 1 saturated heterocycles. The van der Waals surface area contributed by atoms with E-state index in [0.717, 1.165) is 30.8 Å². The zero-order valence-electron chi connectivity index (χ0n) is 20.4. The van der Waals surface area contributed by atoms with Gasteiger partial charge in [0.25, 0.3) is 0 Å². The molecule has 0 spiro atoms. The Morgan fingerprint density at radius 1 is 0.857 bits per heavy atom. The van der Waals surface area contributed by atoms with E-state index in [2.05, 4.69) is 17.0 Å². The third kappa shape index (κ3) is 6.55. The molecule has 3 aromatic rings. The van der Waals surface area contributed by atoms with Crippen molar-refractivity contribution in [3.8, 4) is 17.2 Å². The van der Waals surface area contributed by atoms with Crippen LogP contribution in [0.5, 0.6) is 17.2 Å². The normalized spacial score (nSPS) is 17.7. The van der Waals surface area contributed by atoms with Crippen molar-refractivity contribution in [1.29, 1.82) is 0 Å². The zero-order chi connectivity index (χ0) is 24.5. The largest absolute Gasteiger partial charge is 0.493 e. The van der Waals surface area contributed by atoms with Crippen LogP contribution >= 0.6 is 0 Å². The van der Waals surface area contributed by atoms with Crippen molar-refractivity contribution in [2.45, 2.75) is 18.9 Å². The third-order valence-electron chi connectivity index (χ3n) is 6.32. The van der Waals surface area contributed by atoms with Gasteiger partial charge in [0.05, 0.1) is 33.4 Å².